The fourth-order valence-corrected chi connectivity index (χ4v) is 3.99. The number of anilines is 3. The lowest BCUT2D eigenvalue weighted by Crippen LogP contribution is -2.32. The monoisotopic (exact) mass is 441 g/mol. The molecule has 0 radical (unpaired) electrons. The largest absolute Gasteiger partial charge is 0.497 e. The van der Waals surface area contributed by atoms with Crippen LogP contribution in [-0.4, -0.2) is 32.0 Å². The number of ether oxygens (including phenoxy) is 1. The Morgan fingerprint density at radius 2 is 1.55 bits per heavy atom. The number of carbonyl (C=O) groups is 2. The van der Waals surface area contributed by atoms with Crippen molar-refractivity contribution in [2.75, 3.05) is 35.3 Å². The van der Waals surface area contributed by atoms with Crippen molar-refractivity contribution >= 4 is 34.4 Å². The van der Waals surface area contributed by atoms with Crippen LogP contribution >= 0.6 is 0 Å². The highest BCUT2D eigenvalue weighted by molar-refractivity contribution is 6.46. The van der Waals surface area contributed by atoms with E-state index in [9.17, 15) is 9.59 Å². The van der Waals surface area contributed by atoms with Gasteiger partial charge in [-0.25, -0.2) is 4.90 Å². The van der Waals surface area contributed by atoms with Crippen LogP contribution in [0.4, 0.5) is 17.1 Å². The van der Waals surface area contributed by atoms with E-state index in [1.165, 1.54) is 4.90 Å². The Morgan fingerprint density at radius 1 is 0.848 bits per heavy atom. The molecule has 0 unspecified atom stereocenters. The zero-order chi connectivity index (χ0) is 23.4. The summed E-state index contributed by atoms with van der Waals surface area (Å²) in [7, 11) is 1.55. The number of nitrogens with one attached hydrogen (secondary N) is 1. The molecule has 6 heteroatoms. The van der Waals surface area contributed by atoms with Gasteiger partial charge < -0.3 is 15.0 Å². The quantitative estimate of drug-likeness (QED) is 0.502. The van der Waals surface area contributed by atoms with Gasteiger partial charge in [0.15, 0.2) is 0 Å². The highest BCUT2D eigenvalue weighted by atomic mass is 16.5. The van der Waals surface area contributed by atoms with E-state index in [0.717, 1.165) is 24.5 Å². The molecule has 0 saturated heterocycles. The van der Waals surface area contributed by atoms with Gasteiger partial charge in [0.25, 0.3) is 11.8 Å². The predicted molar refractivity (Wildman–Crippen MR) is 132 cm³/mol. The summed E-state index contributed by atoms with van der Waals surface area (Å²) in [6, 6.07) is 24.1. The molecule has 1 heterocycles. The molecule has 33 heavy (non-hydrogen) atoms. The maximum absolute atomic E-state index is 13.5. The first-order valence-corrected chi connectivity index (χ1v) is 11.0. The summed E-state index contributed by atoms with van der Waals surface area (Å²) in [5, 5.41) is 3.22. The summed E-state index contributed by atoms with van der Waals surface area (Å²) in [5.41, 5.74) is 3.59. The van der Waals surface area contributed by atoms with Crippen LogP contribution in [0, 0.1) is 0 Å². The normalized spacial score (nSPS) is 13.5. The first-order valence-electron chi connectivity index (χ1n) is 11.0. The summed E-state index contributed by atoms with van der Waals surface area (Å²) in [5.74, 6) is -0.204. The van der Waals surface area contributed by atoms with Crippen molar-refractivity contribution in [1.29, 1.82) is 0 Å². The molecule has 168 valence electrons. The zero-order valence-electron chi connectivity index (χ0n) is 19.0. The number of amides is 2. The lowest BCUT2D eigenvalue weighted by atomic mass is 10.0. The maximum atomic E-state index is 13.5. The number of hydrogen-bond donors (Lipinski definition) is 1. The predicted octanol–water partition coefficient (Wildman–Crippen LogP) is 4.94. The molecule has 0 saturated carbocycles. The van der Waals surface area contributed by atoms with Crippen molar-refractivity contribution in [2.45, 2.75) is 13.8 Å². The number of methoxy groups -OCH3 is 1. The van der Waals surface area contributed by atoms with Crippen LogP contribution in [0.3, 0.4) is 0 Å². The van der Waals surface area contributed by atoms with Gasteiger partial charge in [0.05, 0.1) is 18.4 Å². The number of hydrogen-bond acceptors (Lipinski definition) is 5. The maximum Gasteiger partial charge on any atom is 0.282 e. The van der Waals surface area contributed by atoms with Crippen molar-refractivity contribution in [2.24, 2.45) is 0 Å². The summed E-state index contributed by atoms with van der Waals surface area (Å²) >= 11 is 0. The Morgan fingerprint density at radius 3 is 2.18 bits per heavy atom. The van der Waals surface area contributed by atoms with E-state index in [2.05, 4.69) is 24.1 Å². The average molecular weight is 442 g/mol. The van der Waals surface area contributed by atoms with Gasteiger partial charge in [-0.05, 0) is 55.8 Å². The second-order valence-corrected chi connectivity index (χ2v) is 7.61. The summed E-state index contributed by atoms with van der Waals surface area (Å²) < 4.78 is 5.29. The van der Waals surface area contributed by atoms with Crippen LogP contribution in [0.15, 0.2) is 84.6 Å². The fraction of sp³-hybridized carbons (Fsp3) is 0.185. The number of benzene rings is 3. The van der Waals surface area contributed by atoms with Crippen molar-refractivity contribution in [1.82, 2.24) is 0 Å². The van der Waals surface area contributed by atoms with Gasteiger partial charge in [-0.1, -0.05) is 36.4 Å². The van der Waals surface area contributed by atoms with Gasteiger partial charge in [0, 0.05) is 30.5 Å². The number of imide groups is 1. The minimum Gasteiger partial charge on any atom is -0.497 e. The molecule has 0 fully saturated rings. The lowest BCUT2D eigenvalue weighted by Gasteiger charge is -2.21. The minimum atomic E-state index is -0.403. The molecule has 0 spiro atoms. The second kappa shape index (κ2) is 9.61. The molecule has 0 bridgehead atoms. The first kappa shape index (κ1) is 22.1. The molecule has 0 aliphatic carbocycles. The third-order valence-electron chi connectivity index (χ3n) is 5.72. The Labute approximate surface area is 194 Å². The average Bonchev–Trinajstić information content (AvgIpc) is 3.10. The van der Waals surface area contributed by atoms with E-state index in [0.29, 0.717) is 22.6 Å². The molecule has 3 aromatic rings. The summed E-state index contributed by atoms with van der Waals surface area (Å²) in [6.07, 6.45) is 0. The molecule has 0 aromatic heterocycles. The van der Waals surface area contributed by atoms with Crippen LogP contribution < -0.4 is 19.9 Å². The molecule has 1 aliphatic heterocycles. The van der Waals surface area contributed by atoms with Crippen molar-refractivity contribution < 1.29 is 14.3 Å². The van der Waals surface area contributed by atoms with Gasteiger partial charge in [-0.15, -0.1) is 0 Å². The molecular weight excluding hydrogens is 414 g/mol. The van der Waals surface area contributed by atoms with E-state index >= 15 is 0 Å². The molecule has 4 rings (SSSR count). The number of nitrogens with zero attached hydrogens (tertiary/aromatic N) is 2. The van der Waals surface area contributed by atoms with Gasteiger partial charge in [-0.3, -0.25) is 9.59 Å². The van der Waals surface area contributed by atoms with E-state index in [1.807, 2.05) is 54.6 Å². The van der Waals surface area contributed by atoms with Gasteiger partial charge in [0.2, 0.25) is 0 Å². The van der Waals surface area contributed by atoms with Crippen molar-refractivity contribution in [3.8, 4) is 5.75 Å². The van der Waals surface area contributed by atoms with Crippen LogP contribution in [0.5, 0.6) is 5.75 Å². The molecule has 0 atom stereocenters. The van der Waals surface area contributed by atoms with E-state index in [1.54, 1.807) is 31.4 Å². The second-order valence-electron chi connectivity index (χ2n) is 7.61. The third kappa shape index (κ3) is 4.32. The standard InChI is InChI=1S/C27H27N3O3/c1-4-29(5-2)21-16-14-20(15-17-21)28-25-24(19-10-7-6-8-11-19)26(31)30(27(25)32)22-12-9-13-23(18-22)33-3/h6-18,28H,4-5H2,1-3H3. The first-order chi connectivity index (χ1) is 16.1. The SMILES string of the molecule is CCN(CC)c1ccc(NC2=C(c3ccccc3)C(=O)N(c3cccc(OC)c3)C2=O)cc1. The fourth-order valence-electron chi connectivity index (χ4n) is 3.99. The van der Waals surface area contributed by atoms with Crippen LogP contribution in [0.2, 0.25) is 0 Å². The molecule has 1 N–H and O–H groups in total. The van der Waals surface area contributed by atoms with Crippen molar-refractivity contribution in [3.63, 3.8) is 0 Å². The summed E-state index contributed by atoms with van der Waals surface area (Å²) in [6.45, 7) is 6.05. The van der Waals surface area contributed by atoms with Crippen molar-refractivity contribution in [3.05, 3.63) is 90.1 Å². The van der Waals surface area contributed by atoms with E-state index in [4.69, 9.17) is 4.74 Å². The Balaban J connectivity index is 1.73. The van der Waals surface area contributed by atoms with Crippen LogP contribution in [0.1, 0.15) is 19.4 Å². The van der Waals surface area contributed by atoms with Gasteiger partial charge >= 0.3 is 0 Å². The van der Waals surface area contributed by atoms with Crippen LogP contribution in [0.25, 0.3) is 5.57 Å². The van der Waals surface area contributed by atoms with Gasteiger partial charge in [0.1, 0.15) is 11.4 Å². The lowest BCUT2D eigenvalue weighted by molar-refractivity contribution is -0.120. The highest BCUT2D eigenvalue weighted by Gasteiger charge is 2.40. The highest BCUT2D eigenvalue weighted by Crippen LogP contribution is 2.35. The number of carbonyl (C=O) groups excluding carboxylic acids is 2. The summed E-state index contributed by atoms with van der Waals surface area (Å²) in [4.78, 5) is 30.4. The molecule has 1 aliphatic rings. The van der Waals surface area contributed by atoms with Gasteiger partial charge in [-0.2, -0.15) is 0 Å². The van der Waals surface area contributed by atoms with Crippen LogP contribution in [-0.2, 0) is 9.59 Å². The third-order valence-corrected chi connectivity index (χ3v) is 5.72. The zero-order valence-corrected chi connectivity index (χ0v) is 19.0. The Kier molecular flexibility index (Phi) is 6.45. The smallest absolute Gasteiger partial charge is 0.282 e. The number of rotatable bonds is 8. The molecule has 2 amide bonds. The molecule has 3 aromatic carbocycles. The van der Waals surface area contributed by atoms with E-state index < -0.39 is 5.91 Å². The topological polar surface area (TPSA) is 61.9 Å². The molecule has 6 nitrogen and oxygen atoms in total. The minimum absolute atomic E-state index is 0.254. The Hall–Kier alpha value is -4.06. The molecular formula is C27H27N3O3. The Bertz CT molecular complexity index is 1180. The van der Waals surface area contributed by atoms with E-state index in [-0.39, 0.29) is 11.6 Å².